The Bertz CT molecular complexity index is 1390. The number of carbonyl (C=O) groups is 1. The van der Waals surface area contributed by atoms with E-state index in [1.165, 1.54) is 128 Å². The Morgan fingerprint density at radius 1 is 0.452 bits per heavy atom. The highest BCUT2D eigenvalue weighted by Crippen LogP contribution is 2.27. The lowest BCUT2D eigenvalue weighted by Gasteiger charge is -2.42. The molecule has 0 bridgehead atoms. The zero-order valence-electron chi connectivity index (χ0n) is 45.6. The van der Waals surface area contributed by atoms with Crippen molar-refractivity contribution in [3.63, 3.8) is 0 Å². The molecule has 2 heterocycles. The van der Waals surface area contributed by atoms with Gasteiger partial charge in [-0.25, -0.2) is 0 Å². The highest BCUT2D eigenvalue weighted by Gasteiger charge is 2.47. The number of unbranched alkanes of at least 4 members (excludes halogenated alkanes) is 25. The number of rotatable bonds is 47. The second-order valence-electron chi connectivity index (χ2n) is 20.5. The van der Waals surface area contributed by atoms with Crippen molar-refractivity contribution >= 4 is 5.97 Å². The summed E-state index contributed by atoms with van der Waals surface area (Å²) in [6.07, 6.45) is 38.8. The van der Waals surface area contributed by atoms with E-state index in [4.69, 9.17) is 28.4 Å². The van der Waals surface area contributed by atoms with Crippen LogP contribution in [-0.4, -0.2) is 142 Å². The van der Waals surface area contributed by atoms with Crippen molar-refractivity contribution in [2.24, 2.45) is 0 Å². The van der Waals surface area contributed by atoms with Crippen LogP contribution < -0.4 is 0 Å². The molecule has 0 radical (unpaired) electrons. The van der Waals surface area contributed by atoms with Crippen molar-refractivity contribution in [1.29, 1.82) is 0 Å². The summed E-state index contributed by atoms with van der Waals surface area (Å²) in [5, 5.41) is 72.3. The van der Waals surface area contributed by atoms with Gasteiger partial charge >= 0.3 is 5.97 Å². The van der Waals surface area contributed by atoms with Gasteiger partial charge in [-0.15, -0.1) is 0 Å². The van der Waals surface area contributed by atoms with Crippen LogP contribution in [0.1, 0.15) is 219 Å². The second-order valence-corrected chi connectivity index (χ2v) is 20.5. The van der Waals surface area contributed by atoms with E-state index in [1.807, 2.05) is 0 Å². The monoisotopic (exact) mass is 1040 g/mol. The Morgan fingerprint density at radius 3 is 1.34 bits per heavy atom. The predicted molar refractivity (Wildman–Crippen MR) is 289 cm³/mol. The number of ether oxygens (including phenoxy) is 6. The third-order valence-corrected chi connectivity index (χ3v) is 13.8. The molecule has 2 fully saturated rings. The van der Waals surface area contributed by atoms with Crippen LogP contribution in [0.2, 0.25) is 0 Å². The molecule has 0 aromatic carbocycles. The predicted octanol–water partition coefficient (Wildman–Crippen LogP) is 10.3. The zero-order valence-corrected chi connectivity index (χ0v) is 45.6. The number of hydrogen-bond donors (Lipinski definition) is 7. The number of allylic oxidation sites excluding steroid dienone is 8. The van der Waals surface area contributed by atoms with Gasteiger partial charge in [0.2, 0.25) is 0 Å². The van der Waals surface area contributed by atoms with Crippen LogP contribution in [0.3, 0.4) is 0 Å². The van der Waals surface area contributed by atoms with Crippen LogP contribution >= 0.6 is 0 Å². The molecule has 11 atom stereocenters. The van der Waals surface area contributed by atoms with E-state index in [0.29, 0.717) is 13.0 Å². The zero-order chi connectivity index (χ0) is 53.0. The summed E-state index contributed by atoms with van der Waals surface area (Å²) >= 11 is 0. The van der Waals surface area contributed by atoms with Gasteiger partial charge < -0.3 is 64.2 Å². The van der Waals surface area contributed by atoms with Crippen molar-refractivity contribution < 1.29 is 69.0 Å². The molecule has 2 aliphatic rings. The highest BCUT2D eigenvalue weighted by atomic mass is 16.7. The normalized spacial score (nSPS) is 25.3. The summed E-state index contributed by atoms with van der Waals surface area (Å²) in [5.41, 5.74) is 0. The summed E-state index contributed by atoms with van der Waals surface area (Å²) in [6.45, 7) is 3.64. The molecule has 73 heavy (non-hydrogen) atoms. The Labute approximate surface area is 442 Å². The van der Waals surface area contributed by atoms with Crippen LogP contribution in [0.5, 0.6) is 0 Å². The summed E-state index contributed by atoms with van der Waals surface area (Å²) in [4.78, 5) is 13.1. The van der Waals surface area contributed by atoms with Crippen molar-refractivity contribution in [3.05, 3.63) is 48.6 Å². The topological polar surface area (TPSA) is 214 Å². The molecule has 426 valence electrons. The Kier molecular flexibility index (Phi) is 42.3. The lowest BCUT2D eigenvalue weighted by atomic mass is 9.98. The van der Waals surface area contributed by atoms with E-state index in [-0.39, 0.29) is 25.6 Å². The second kappa shape index (κ2) is 46.1. The fraction of sp³-hybridized carbons (Fsp3) is 0.847. The minimum Gasteiger partial charge on any atom is -0.457 e. The number of aliphatic hydroxyl groups excluding tert-OH is 7. The van der Waals surface area contributed by atoms with Crippen molar-refractivity contribution in [2.75, 3.05) is 33.0 Å². The molecule has 14 heteroatoms. The van der Waals surface area contributed by atoms with Gasteiger partial charge in [0.15, 0.2) is 12.6 Å². The smallest absolute Gasteiger partial charge is 0.306 e. The molecule has 2 saturated heterocycles. The Hall–Kier alpha value is -2.05. The van der Waals surface area contributed by atoms with Crippen LogP contribution in [-0.2, 0) is 33.2 Å². The van der Waals surface area contributed by atoms with Gasteiger partial charge in [0.05, 0.1) is 26.4 Å². The van der Waals surface area contributed by atoms with Gasteiger partial charge in [0.1, 0.15) is 54.9 Å². The maximum atomic E-state index is 13.1. The van der Waals surface area contributed by atoms with Crippen molar-refractivity contribution in [1.82, 2.24) is 0 Å². The van der Waals surface area contributed by atoms with E-state index in [1.54, 1.807) is 0 Å². The highest BCUT2D eigenvalue weighted by molar-refractivity contribution is 5.69. The molecule has 2 aliphatic heterocycles. The quantitative estimate of drug-likeness (QED) is 0.0172. The van der Waals surface area contributed by atoms with Gasteiger partial charge in [0, 0.05) is 13.0 Å². The van der Waals surface area contributed by atoms with Gasteiger partial charge in [0.25, 0.3) is 0 Å². The van der Waals surface area contributed by atoms with Crippen LogP contribution in [0, 0.1) is 0 Å². The molecule has 2 rings (SSSR count). The van der Waals surface area contributed by atoms with Gasteiger partial charge in [-0.05, 0) is 77.0 Å². The summed E-state index contributed by atoms with van der Waals surface area (Å²) in [7, 11) is 0. The summed E-state index contributed by atoms with van der Waals surface area (Å²) < 4.78 is 34.4. The number of esters is 1. The van der Waals surface area contributed by atoms with E-state index in [9.17, 15) is 40.5 Å². The maximum Gasteiger partial charge on any atom is 0.306 e. The number of hydrogen-bond acceptors (Lipinski definition) is 14. The Balaban J connectivity index is 1.71. The molecule has 0 aromatic rings. The third-order valence-electron chi connectivity index (χ3n) is 13.8. The molecule has 0 amide bonds. The Morgan fingerprint density at radius 2 is 0.849 bits per heavy atom. The fourth-order valence-electron chi connectivity index (χ4n) is 9.05. The molecule has 14 nitrogen and oxygen atoms in total. The van der Waals surface area contributed by atoms with Crippen LogP contribution in [0.4, 0.5) is 0 Å². The number of carbonyl (C=O) groups excluding carboxylic acids is 1. The average Bonchev–Trinajstić information content (AvgIpc) is 3.39. The van der Waals surface area contributed by atoms with E-state index < -0.39 is 80.7 Å². The lowest BCUT2D eigenvalue weighted by Crippen LogP contribution is -2.61. The van der Waals surface area contributed by atoms with Crippen molar-refractivity contribution in [3.8, 4) is 0 Å². The minimum atomic E-state index is -1.71. The fourth-order valence-corrected chi connectivity index (χ4v) is 9.05. The molecule has 0 aromatic heterocycles. The minimum absolute atomic E-state index is 0.0535. The van der Waals surface area contributed by atoms with Gasteiger partial charge in [-0.1, -0.05) is 184 Å². The largest absolute Gasteiger partial charge is 0.457 e. The van der Waals surface area contributed by atoms with E-state index in [0.717, 1.165) is 64.2 Å². The number of aliphatic hydroxyl groups is 7. The van der Waals surface area contributed by atoms with Crippen LogP contribution in [0.25, 0.3) is 0 Å². The third kappa shape index (κ3) is 33.0. The molecular formula is C59H106O14. The first-order valence-electron chi connectivity index (χ1n) is 29.2. The molecule has 0 saturated carbocycles. The maximum absolute atomic E-state index is 13.1. The van der Waals surface area contributed by atoms with Gasteiger partial charge in [-0.2, -0.15) is 0 Å². The van der Waals surface area contributed by atoms with Crippen molar-refractivity contribution in [2.45, 2.75) is 287 Å². The standard InChI is InChI=1S/C59H106O14/c1-3-5-7-9-11-13-15-17-19-21-22-23-24-25-26-27-28-30-32-34-36-38-40-42-51(61)71-48(45-68-43-41-39-37-35-33-31-29-20-18-16-14-12-10-8-6-4-2)46-69-58-57(67)55(65)53(63)50(73-58)47-70-59-56(66)54(64)52(62)49(44-60)72-59/h12,14-15,17-18,20-22,48-50,52-60,62-67H,3-11,13,16,19,23-47H2,1-2H3/b14-12-,17-15-,20-18-,22-21-. The van der Waals surface area contributed by atoms with E-state index >= 15 is 0 Å². The molecule has 0 aliphatic carbocycles. The van der Waals surface area contributed by atoms with Gasteiger partial charge in [-0.3, -0.25) is 4.79 Å². The molecule has 11 unspecified atom stereocenters. The average molecular weight is 1040 g/mol. The summed E-state index contributed by atoms with van der Waals surface area (Å²) in [5.74, 6) is -0.381. The lowest BCUT2D eigenvalue weighted by molar-refractivity contribution is -0.332. The first kappa shape index (κ1) is 67.1. The van der Waals surface area contributed by atoms with E-state index in [2.05, 4.69) is 62.5 Å². The SMILES string of the molecule is CCCCC/C=C\C/C=C\CCCCCCCCOCC(COC1OC(COC2OC(CO)C(O)C(O)C2O)C(O)C(O)C1O)OC(=O)CCCCCCCCCCCCC/C=C\C/C=C\CCCCCCC. The molecule has 0 spiro atoms. The first-order chi connectivity index (χ1) is 35.6. The summed E-state index contributed by atoms with van der Waals surface area (Å²) in [6, 6.07) is 0. The van der Waals surface area contributed by atoms with Crippen LogP contribution in [0.15, 0.2) is 48.6 Å². The molecular weight excluding hydrogens is 933 g/mol. The molecule has 7 N–H and O–H groups in total. The first-order valence-corrected chi connectivity index (χ1v) is 29.2.